The molecule has 0 unspecified atom stereocenters. The Morgan fingerprint density at radius 1 is 1.41 bits per heavy atom. The molecule has 0 aliphatic carbocycles. The number of anilines is 1. The zero-order valence-electron chi connectivity index (χ0n) is 9.98. The highest BCUT2D eigenvalue weighted by Gasteiger charge is 2.09. The molecular weight excluding hydrogens is 243 g/mol. The Morgan fingerprint density at radius 3 is 2.65 bits per heavy atom. The van der Waals surface area contributed by atoms with Gasteiger partial charge < -0.3 is 10.6 Å². The lowest BCUT2D eigenvalue weighted by atomic mass is 10.1. The molecule has 0 saturated heterocycles. The highest BCUT2D eigenvalue weighted by molar-refractivity contribution is 7.90. The average Bonchev–Trinajstić information content (AvgIpc) is 2.21. The first-order valence-electron chi connectivity index (χ1n) is 5.19. The molecular formula is C11H17FN2O2S. The van der Waals surface area contributed by atoms with Gasteiger partial charge in [-0.05, 0) is 18.7 Å². The van der Waals surface area contributed by atoms with E-state index in [4.69, 9.17) is 5.73 Å². The summed E-state index contributed by atoms with van der Waals surface area (Å²) in [7, 11) is -1.20. The highest BCUT2D eigenvalue weighted by Crippen LogP contribution is 2.17. The van der Waals surface area contributed by atoms with Crippen molar-refractivity contribution >= 4 is 15.5 Å². The fraction of sp³-hybridized carbons (Fsp3) is 0.455. The van der Waals surface area contributed by atoms with Gasteiger partial charge in [0.2, 0.25) is 0 Å². The minimum absolute atomic E-state index is 0.0821. The summed E-state index contributed by atoms with van der Waals surface area (Å²) in [6.45, 7) is 0.827. The number of hydrogen-bond acceptors (Lipinski definition) is 4. The van der Waals surface area contributed by atoms with Gasteiger partial charge in [0.25, 0.3) is 0 Å². The Bertz CT molecular complexity index is 488. The van der Waals surface area contributed by atoms with Gasteiger partial charge >= 0.3 is 0 Å². The van der Waals surface area contributed by atoms with Gasteiger partial charge in [0.1, 0.15) is 15.7 Å². The third kappa shape index (κ3) is 4.70. The van der Waals surface area contributed by atoms with Crippen molar-refractivity contribution in [3.05, 3.63) is 29.6 Å². The third-order valence-electron chi connectivity index (χ3n) is 2.43. The van der Waals surface area contributed by atoms with Crippen molar-refractivity contribution in [1.82, 2.24) is 4.90 Å². The van der Waals surface area contributed by atoms with Crippen LogP contribution >= 0.6 is 0 Å². The second kappa shape index (κ2) is 5.46. The van der Waals surface area contributed by atoms with E-state index in [0.29, 0.717) is 18.7 Å². The molecule has 1 aromatic rings. The van der Waals surface area contributed by atoms with Gasteiger partial charge in [0.15, 0.2) is 0 Å². The van der Waals surface area contributed by atoms with E-state index in [2.05, 4.69) is 0 Å². The van der Waals surface area contributed by atoms with Crippen molar-refractivity contribution in [1.29, 1.82) is 0 Å². The van der Waals surface area contributed by atoms with E-state index in [1.54, 1.807) is 24.1 Å². The smallest absolute Gasteiger partial charge is 0.148 e. The number of nitrogens with two attached hydrogens (primary N) is 1. The number of hydrogen-bond donors (Lipinski definition) is 1. The van der Waals surface area contributed by atoms with Crippen LogP contribution in [0.4, 0.5) is 10.1 Å². The highest BCUT2D eigenvalue weighted by atomic mass is 32.2. The monoisotopic (exact) mass is 260 g/mol. The van der Waals surface area contributed by atoms with Gasteiger partial charge in [0, 0.05) is 19.3 Å². The molecule has 0 atom stereocenters. The molecule has 4 nitrogen and oxygen atoms in total. The zero-order valence-corrected chi connectivity index (χ0v) is 10.8. The maximum atomic E-state index is 13.2. The molecule has 0 spiro atoms. The standard InChI is InChI=1S/C11H17FN2O2S/c1-14(6-7-17(2,15)16)8-9-4-3-5-10(12)11(9)13/h3-5H,6-8,13H2,1-2H3. The SMILES string of the molecule is CN(CCS(C)(=O)=O)Cc1cccc(F)c1N. The van der Waals surface area contributed by atoms with Crippen molar-refractivity contribution < 1.29 is 12.8 Å². The normalized spacial score (nSPS) is 12.0. The maximum Gasteiger partial charge on any atom is 0.148 e. The first-order valence-corrected chi connectivity index (χ1v) is 7.25. The van der Waals surface area contributed by atoms with E-state index in [-0.39, 0.29) is 11.4 Å². The van der Waals surface area contributed by atoms with Crippen molar-refractivity contribution in [3.8, 4) is 0 Å². The van der Waals surface area contributed by atoms with Crippen LogP contribution in [0.25, 0.3) is 0 Å². The predicted octanol–water partition coefficient (Wildman–Crippen LogP) is 0.884. The van der Waals surface area contributed by atoms with Crippen LogP contribution in [0, 0.1) is 5.82 Å². The summed E-state index contributed by atoms with van der Waals surface area (Å²) in [5, 5.41) is 0. The molecule has 1 aromatic carbocycles. The lowest BCUT2D eigenvalue weighted by Gasteiger charge is -2.17. The third-order valence-corrected chi connectivity index (χ3v) is 3.35. The molecule has 0 amide bonds. The summed E-state index contributed by atoms with van der Waals surface area (Å²) in [6.07, 6.45) is 1.19. The molecule has 2 N–H and O–H groups in total. The van der Waals surface area contributed by atoms with Gasteiger partial charge in [-0.25, -0.2) is 12.8 Å². The van der Waals surface area contributed by atoms with E-state index in [1.807, 2.05) is 0 Å². The van der Waals surface area contributed by atoms with E-state index < -0.39 is 15.7 Å². The van der Waals surface area contributed by atoms with Gasteiger partial charge in [-0.3, -0.25) is 0 Å². The van der Waals surface area contributed by atoms with Crippen LogP contribution in [0.1, 0.15) is 5.56 Å². The first kappa shape index (κ1) is 13.9. The number of sulfone groups is 1. The molecule has 6 heteroatoms. The lowest BCUT2D eigenvalue weighted by Crippen LogP contribution is -2.25. The van der Waals surface area contributed by atoms with E-state index in [0.717, 1.165) is 0 Å². The fourth-order valence-corrected chi connectivity index (χ4v) is 2.05. The lowest BCUT2D eigenvalue weighted by molar-refractivity contribution is 0.346. The first-order chi connectivity index (χ1) is 7.79. The molecule has 1 rings (SSSR count). The molecule has 0 aromatic heterocycles. The molecule has 0 aliphatic rings. The fourth-order valence-electron chi connectivity index (χ4n) is 1.41. The van der Waals surface area contributed by atoms with Crippen molar-refractivity contribution in [2.24, 2.45) is 0 Å². The Balaban J connectivity index is 2.62. The van der Waals surface area contributed by atoms with Crippen LogP contribution in [0.5, 0.6) is 0 Å². The van der Waals surface area contributed by atoms with Gasteiger partial charge in [0.05, 0.1) is 11.4 Å². The Kier molecular flexibility index (Phi) is 4.47. The molecule has 96 valence electrons. The number of halogens is 1. The molecule has 0 bridgehead atoms. The van der Waals surface area contributed by atoms with Crippen LogP contribution in [0.15, 0.2) is 18.2 Å². The molecule has 0 saturated carbocycles. The molecule has 0 aliphatic heterocycles. The number of benzene rings is 1. The molecule has 0 heterocycles. The van der Waals surface area contributed by atoms with Gasteiger partial charge in [-0.15, -0.1) is 0 Å². The Hall–Kier alpha value is -1.14. The van der Waals surface area contributed by atoms with Crippen LogP contribution in [-0.2, 0) is 16.4 Å². The zero-order chi connectivity index (χ0) is 13.1. The van der Waals surface area contributed by atoms with Crippen LogP contribution in [0.3, 0.4) is 0 Å². The van der Waals surface area contributed by atoms with E-state index in [1.165, 1.54) is 12.3 Å². The second-order valence-corrected chi connectivity index (χ2v) is 6.44. The summed E-state index contributed by atoms with van der Waals surface area (Å²) in [5.41, 5.74) is 6.38. The average molecular weight is 260 g/mol. The quantitative estimate of drug-likeness (QED) is 0.798. The van der Waals surface area contributed by atoms with Gasteiger partial charge in [-0.1, -0.05) is 12.1 Å². The number of nitrogen functional groups attached to an aromatic ring is 1. The minimum atomic E-state index is -2.98. The van der Waals surface area contributed by atoms with E-state index in [9.17, 15) is 12.8 Å². The number of nitrogens with zero attached hydrogens (tertiary/aromatic N) is 1. The van der Waals surface area contributed by atoms with Crippen LogP contribution in [-0.4, -0.2) is 38.9 Å². The van der Waals surface area contributed by atoms with Crippen LogP contribution < -0.4 is 5.73 Å². The van der Waals surface area contributed by atoms with Crippen molar-refractivity contribution in [2.45, 2.75) is 6.54 Å². The summed E-state index contributed by atoms with van der Waals surface area (Å²) in [4.78, 5) is 1.80. The van der Waals surface area contributed by atoms with Crippen molar-refractivity contribution in [2.75, 3.05) is 31.3 Å². The summed E-state index contributed by atoms with van der Waals surface area (Å²) < 4.78 is 35.2. The Labute approximate surface area is 101 Å². The number of rotatable bonds is 5. The van der Waals surface area contributed by atoms with E-state index >= 15 is 0 Å². The van der Waals surface area contributed by atoms with Crippen LogP contribution in [0.2, 0.25) is 0 Å². The second-order valence-electron chi connectivity index (χ2n) is 4.18. The molecule has 0 radical (unpaired) electrons. The molecule has 17 heavy (non-hydrogen) atoms. The van der Waals surface area contributed by atoms with Crippen molar-refractivity contribution in [3.63, 3.8) is 0 Å². The Morgan fingerprint density at radius 2 is 2.06 bits per heavy atom. The predicted molar refractivity (Wildman–Crippen MR) is 66.9 cm³/mol. The topological polar surface area (TPSA) is 63.4 Å². The summed E-state index contributed by atoms with van der Waals surface area (Å²) in [5.74, 6) is -0.363. The molecule has 0 fully saturated rings. The summed E-state index contributed by atoms with van der Waals surface area (Å²) >= 11 is 0. The number of para-hydroxylation sites is 1. The largest absolute Gasteiger partial charge is 0.396 e. The summed E-state index contributed by atoms with van der Waals surface area (Å²) in [6, 6.07) is 4.62. The van der Waals surface area contributed by atoms with Gasteiger partial charge in [-0.2, -0.15) is 0 Å². The maximum absolute atomic E-state index is 13.2. The minimum Gasteiger partial charge on any atom is -0.396 e.